The minimum Gasteiger partial charge on any atom is -0.481 e. The van der Waals surface area contributed by atoms with E-state index >= 15 is 0 Å². The summed E-state index contributed by atoms with van der Waals surface area (Å²) in [5.74, 6) is -0.559. The van der Waals surface area contributed by atoms with Crippen molar-refractivity contribution in [2.45, 2.75) is 77.0 Å². The summed E-state index contributed by atoms with van der Waals surface area (Å²) in [6.07, 6.45) is 11.2. The predicted octanol–water partition coefficient (Wildman–Crippen LogP) is 7.17. The summed E-state index contributed by atoms with van der Waals surface area (Å²) < 4.78 is 6.08. The second-order valence-electron chi connectivity index (χ2n) is 9.38. The van der Waals surface area contributed by atoms with E-state index in [2.05, 4.69) is 24.3 Å². The average molecular weight is 447 g/mol. The summed E-state index contributed by atoms with van der Waals surface area (Å²) in [6, 6.07) is 16.1. The molecule has 3 aromatic rings. The molecule has 0 radical (unpaired) electrons. The minimum atomic E-state index is -0.876. The zero-order valence-electron chi connectivity index (χ0n) is 19.4. The summed E-state index contributed by atoms with van der Waals surface area (Å²) in [4.78, 5) is 24.7. The van der Waals surface area contributed by atoms with Crippen LogP contribution >= 0.6 is 0 Å². The van der Waals surface area contributed by atoms with Crippen molar-refractivity contribution in [2.75, 3.05) is 0 Å². The number of fused-ring (bicyclic) bond motifs is 3. The second kappa shape index (κ2) is 11.3. The lowest BCUT2D eigenvalue weighted by molar-refractivity contribution is -0.141. The maximum absolute atomic E-state index is 12.9. The maximum Gasteiger partial charge on any atom is 0.306 e. The highest BCUT2D eigenvalue weighted by Crippen LogP contribution is 2.32. The number of hydrogen-bond acceptors (Lipinski definition) is 3. The smallest absolute Gasteiger partial charge is 0.306 e. The fourth-order valence-corrected chi connectivity index (χ4v) is 4.99. The van der Waals surface area contributed by atoms with Gasteiger partial charge in [-0.1, -0.05) is 68.1 Å². The van der Waals surface area contributed by atoms with Gasteiger partial charge < -0.3 is 9.52 Å². The molecule has 0 amide bonds. The molecule has 1 aliphatic carbocycles. The van der Waals surface area contributed by atoms with Gasteiger partial charge in [0.1, 0.15) is 11.3 Å². The van der Waals surface area contributed by atoms with Crippen molar-refractivity contribution in [3.8, 4) is 0 Å². The quantitative estimate of drug-likeness (QED) is 0.193. The highest BCUT2D eigenvalue weighted by Gasteiger charge is 2.23. The largest absolute Gasteiger partial charge is 0.481 e. The van der Waals surface area contributed by atoms with Gasteiger partial charge in [0, 0.05) is 29.4 Å². The van der Waals surface area contributed by atoms with E-state index in [0.717, 1.165) is 68.1 Å². The number of carbonyl (C=O) groups is 2. The third-order valence-electron chi connectivity index (χ3n) is 6.92. The number of Topliss-reactive ketones (excluding diaryl/α,β-unsaturated/α-hetero) is 1. The van der Waals surface area contributed by atoms with Crippen LogP contribution in [0.3, 0.4) is 0 Å². The first-order valence-corrected chi connectivity index (χ1v) is 12.5. The number of aryl methyl sites for hydroxylation is 3. The Kier molecular flexibility index (Phi) is 7.98. The third-order valence-corrected chi connectivity index (χ3v) is 6.92. The molecule has 1 unspecified atom stereocenters. The summed E-state index contributed by atoms with van der Waals surface area (Å²) in [6.45, 7) is 0. The van der Waals surface area contributed by atoms with Crippen LogP contribution in [0, 0.1) is 5.92 Å². The van der Waals surface area contributed by atoms with Gasteiger partial charge in [0.05, 0.1) is 5.92 Å². The first kappa shape index (κ1) is 23.3. The van der Waals surface area contributed by atoms with E-state index in [0.29, 0.717) is 12.0 Å². The van der Waals surface area contributed by atoms with Crippen molar-refractivity contribution in [1.82, 2.24) is 0 Å². The van der Waals surface area contributed by atoms with Gasteiger partial charge >= 0.3 is 5.97 Å². The zero-order valence-corrected chi connectivity index (χ0v) is 19.4. The van der Waals surface area contributed by atoms with E-state index in [4.69, 9.17) is 4.42 Å². The molecular formula is C29H34O4. The number of ketones is 1. The number of carboxylic acid groups (broad SMARTS) is 1. The van der Waals surface area contributed by atoms with Gasteiger partial charge in [0.15, 0.2) is 5.78 Å². The number of unbranched alkanes of at least 4 members (excludes halogenated alkanes) is 3. The van der Waals surface area contributed by atoms with Gasteiger partial charge in [0.2, 0.25) is 0 Å². The molecule has 4 nitrogen and oxygen atoms in total. The van der Waals surface area contributed by atoms with Crippen LogP contribution in [0.1, 0.15) is 85.0 Å². The Balaban J connectivity index is 1.28. The molecule has 0 fully saturated rings. The van der Waals surface area contributed by atoms with Crippen LogP contribution in [-0.2, 0) is 24.1 Å². The van der Waals surface area contributed by atoms with Crippen molar-refractivity contribution in [3.63, 3.8) is 0 Å². The van der Waals surface area contributed by atoms with E-state index in [9.17, 15) is 14.7 Å². The number of aliphatic carboxylic acids is 1. The molecule has 1 aliphatic rings. The SMILES string of the molecule is O=C(CC(CCCCCCc1ccccc1)C(=O)O)c1ccc2c3c(oc2c1)CCCCC3. The highest BCUT2D eigenvalue weighted by atomic mass is 16.4. The maximum atomic E-state index is 12.9. The minimum absolute atomic E-state index is 0.0469. The topological polar surface area (TPSA) is 67.5 Å². The zero-order chi connectivity index (χ0) is 23.0. The van der Waals surface area contributed by atoms with Gasteiger partial charge in [0.25, 0.3) is 0 Å². The van der Waals surface area contributed by atoms with Crippen LogP contribution in [-0.4, -0.2) is 16.9 Å². The Morgan fingerprint density at radius 2 is 1.70 bits per heavy atom. The number of carboxylic acids is 1. The molecule has 0 saturated heterocycles. The highest BCUT2D eigenvalue weighted by molar-refractivity contribution is 6.01. The molecule has 0 spiro atoms. The van der Waals surface area contributed by atoms with Crippen LogP contribution < -0.4 is 0 Å². The van der Waals surface area contributed by atoms with Gasteiger partial charge in [-0.25, -0.2) is 0 Å². The fourth-order valence-electron chi connectivity index (χ4n) is 4.99. The number of furan rings is 1. The van der Waals surface area contributed by atoms with E-state index in [1.54, 1.807) is 0 Å². The van der Waals surface area contributed by atoms with Crippen LogP contribution in [0.15, 0.2) is 52.9 Å². The molecule has 0 aliphatic heterocycles. The summed E-state index contributed by atoms with van der Waals surface area (Å²) in [7, 11) is 0. The summed E-state index contributed by atoms with van der Waals surface area (Å²) >= 11 is 0. The average Bonchev–Trinajstić information content (AvgIpc) is 3.00. The van der Waals surface area contributed by atoms with Gasteiger partial charge in [-0.3, -0.25) is 9.59 Å². The Labute approximate surface area is 196 Å². The van der Waals surface area contributed by atoms with Crippen LogP contribution in [0.25, 0.3) is 11.0 Å². The Hall–Kier alpha value is -2.88. The molecule has 2 aromatic carbocycles. The van der Waals surface area contributed by atoms with E-state index in [1.807, 2.05) is 24.3 Å². The number of benzene rings is 2. The van der Waals surface area contributed by atoms with E-state index < -0.39 is 11.9 Å². The van der Waals surface area contributed by atoms with Crippen molar-refractivity contribution >= 4 is 22.7 Å². The van der Waals surface area contributed by atoms with Crippen LogP contribution in [0.5, 0.6) is 0 Å². The first-order valence-electron chi connectivity index (χ1n) is 12.5. The van der Waals surface area contributed by atoms with E-state index in [-0.39, 0.29) is 12.2 Å². The molecule has 33 heavy (non-hydrogen) atoms. The number of hydrogen-bond donors (Lipinski definition) is 1. The first-order chi connectivity index (χ1) is 16.1. The Bertz CT molecular complexity index is 1080. The Morgan fingerprint density at radius 3 is 2.52 bits per heavy atom. The van der Waals surface area contributed by atoms with Gasteiger partial charge in [-0.15, -0.1) is 0 Å². The van der Waals surface area contributed by atoms with Crippen molar-refractivity contribution in [3.05, 3.63) is 71.0 Å². The molecule has 174 valence electrons. The summed E-state index contributed by atoms with van der Waals surface area (Å²) in [5, 5.41) is 10.8. The molecule has 0 saturated carbocycles. The second-order valence-corrected chi connectivity index (χ2v) is 9.38. The molecular weight excluding hydrogens is 412 g/mol. The third kappa shape index (κ3) is 6.13. The predicted molar refractivity (Wildman–Crippen MR) is 131 cm³/mol. The molecule has 4 heteroatoms. The van der Waals surface area contributed by atoms with Crippen LogP contribution in [0.4, 0.5) is 0 Å². The summed E-state index contributed by atoms with van der Waals surface area (Å²) in [5.41, 5.74) is 3.95. The van der Waals surface area contributed by atoms with Crippen molar-refractivity contribution < 1.29 is 19.1 Å². The monoisotopic (exact) mass is 446 g/mol. The lowest BCUT2D eigenvalue weighted by Crippen LogP contribution is -2.18. The molecule has 1 atom stereocenters. The van der Waals surface area contributed by atoms with E-state index in [1.165, 1.54) is 24.0 Å². The van der Waals surface area contributed by atoms with Crippen molar-refractivity contribution in [2.24, 2.45) is 5.92 Å². The standard InChI is InChI=1S/C29H34O4/c30-26(22-17-18-25-24-15-9-4-10-16-27(24)33-28(25)20-22)19-23(29(31)32)14-8-2-1-5-11-21-12-6-3-7-13-21/h3,6-7,12-13,17-18,20,23H,1-2,4-5,8-11,14-16,19H2,(H,31,32). The van der Waals surface area contributed by atoms with Gasteiger partial charge in [-0.05, 0) is 50.2 Å². The fraction of sp³-hybridized carbons (Fsp3) is 0.448. The molecule has 1 N–H and O–H groups in total. The lowest BCUT2D eigenvalue weighted by Gasteiger charge is -2.12. The Morgan fingerprint density at radius 1 is 0.909 bits per heavy atom. The molecule has 1 aromatic heterocycles. The van der Waals surface area contributed by atoms with Gasteiger partial charge in [-0.2, -0.15) is 0 Å². The molecule has 1 heterocycles. The molecule has 4 rings (SSSR count). The number of carbonyl (C=O) groups excluding carboxylic acids is 1. The lowest BCUT2D eigenvalue weighted by atomic mass is 9.92. The van der Waals surface area contributed by atoms with Crippen LogP contribution in [0.2, 0.25) is 0 Å². The normalized spacial score (nSPS) is 14.5. The molecule has 0 bridgehead atoms. The number of rotatable bonds is 11. The van der Waals surface area contributed by atoms with Crippen molar-refractivity contribution in [1.29, 1.82) is 0 Å².